The molecular formula is C19H20N2O3. The van der Waals surface area contributed by atoms with Gasteiger partial charge in [-0.25, -0.2) is 4.79 Å². The molecule has 0 bridgehead atoms. The molecule has 0 fully saturated rings. The predicted octanol–water partition coefficient (Wildman–Crippen LogP) is 3.67. The maximum atomic E-state index is 11.2. The molecule has 0 spiro atoms. The fourth-order valence-corrected chi connectivity index (χ4v) is 2.66. The summed E-state index contributed by atoms with van der Waals surface area (Å²) in [4.78, 5) is 13.8. The van der Waals surface area contributed by atoms with Crippen molar-refractivity contribution in [2.75, 3.05) is 13.2 Å². The normalized spacial score (nSPS) is 10.9. The number of nitrogens with one attached hydrogen (secondary N) is 1. The van der Waals surface area contributed by atoms with Crippen LogP contribution in [0.2, 0.25) is 0 Å². The molecule has 1 aromatic heterocycles. The molecule has 0 saturated carbocycles. The molecule has 0 radical (unpaired) electrons. The zero-order valence-corrected chi connectivity index (χ0v) is 13.6. The van der Waals surface area contributed by atoms with Crippen LogP contribution < -0.4 is 5.76 Å². The fraction of sp³-hybridized carbons (Fsp3) is 0.263. The SMILES string of the molecule is CCOCCCc1ccc(-c2ccccc2-c2noc(=O)[nH]2)cc1. The molecule has 3 aromatic rings. The number of H-pyrrole nitrogens is 1. The van der Waals surface area contributed by atoms with Crippen LogP contribution in [-0.2, 0) is 11.2 Å². The monoisotopic (exact) mass is 324 g/mol. The van der Waals surface area contributed by atoms with E-state index in [2.05, 4.69) is 38.9 Å². The molecule has 5 heteroatoms. The predicted molar refractivity (Wildman–Crippen MR) is 92.8 cm³/mol. The number of rotatable bonds is 7. The molecule has 0 unspecified atom stereocenters. The van der Waals surface area contributed by atoms with Crippen molar-refractivity contribution in [3.8, 4) is 22.5 Å². The van der Waals surface area contributed by atoms with Crippen LogP contribution in [0.1, 0.15) is 18.9 Å². The van der Waals surface area contributed by atoms with Gasteiger partial charge < -0.3 is 4.74 Å². The molecular weight excluding hydrogens is 304 g/mol. The van der Waals surface area contributed by atoms with Gasteiger partial charge in [-0.3, -0.25) is 9.51 Å². The van der Waals surface area contributed by atoms with Gasteiger partial charge in [-0.1, -0.05) is 53.7 Å². The van der Waals surface area contributed by atoms with Gasteiger partial charge in [-0.05, 0) is 36.5 Å². The largest absolute Gasteiger partial charge is 0.439 e. The fourth-order valence-electron chi connectivity index (χ4n) is 2.66. The average molecular weight is 324 g/mol. The lowest BCUT2D eigenvalue weighted by Gasteiger charge is -2.08. The van der Waals surface area contributed by atoms with Crippen LogP contribution in [0.5, 0.6) is 0 Å². The second-order valence-corrected chi connectivity index (χ2v) is 5.49. The second kappa shape index (κ2) is 7.75. The Kier molecular flexibility index (Phi) is 5.23. The first-order chi connectivity index (χ1) is 11.8. The summed E-state index contributed by atoms with van der Waals surface area (Å²) in [6, 6.07) is 16.2. The Hall–Kier alpha value is -2.66. The molecule has 24 heavy (non-hydrogen) atoms. The number of aromatic amines is 1. The molecule has 3 rings (SSSR count). The third-order valence-electron chi connectivity index (χ3n) is 3.85. The first kappa shape index (κ1) is 16.2. The molecule has 0 aliphatic heterocycles. The van der Waals surface area contributed by atoms with Crippen LogP contribution in [0, 0.1) is 0 Å². The van der Waals surface area contributed by atoms with E-state index < -0.39 is 5.76 Å². The number of aryl methyl sites for hydroxylation is 1. The third kappa shape index (κ3) is 3.81. The van der Waals surface area contributed by atoms with Crippen LogP contribution in [0.25, 0.3) is 22.5 Å². The van der Waals surface area contributed by atoms with Gasteiger partial charge in [0.25, 0.3) is 0 Å². The number of aromatic nitrogens is 2. The molecule has 124 valence electrons. The van der Waals surface area contributed by atoms with Crippen molar-refractivity contribution in [3.05, 3.63) is 64.6 Å². The maximum Gasteiger partial charge on any atom is 0.439 e. The van der Waals surface area contributed by atoms with Crippen molar-refractivity contribution in [1.29, 1.82) is 0 Å². The third-order valence-corrected chi connectivity index (χ3v) is 3.85. The second-order valence-electron chi connectivity index (χ2n) is 5.49. The molecule has 5 nitrogen and oxygen atoms in total. The summed E-state index contributed by atoms with van der Waals surface area (Å²) in [5.74, 6) is -0.110. The van der Waals surface area contributed by atoms with Crippen LogP contribution >= 0.6 is 0 Å². The maximum absolute atomic E-state index is 11.2. The average Bonchev–Trinajstić information content (AvgIpc) is 3.06. The summed E-state index contributed by atoms with van der Waals surface area (Å²) in [5.41, 5.74) is 4.20. The van der Waals surface area contributed by atoms with E-state index in [-0.39, 0.29) is 0 Å². The van der Waals surface area contributed by atoms with Gasteiger partial charge in [0, 0.05) is 18.8 Å². The molecule has 0 aliphatic rings. The zero-order chi connectivity index (χ0) is 16.8. The van der Waals surface area contributed by atoms with Crippen LogP contribution in [0.3, 0.4) is 0 Å². The van der Waals surface area contributed by atoms with E-state index in [4.69, 9.17) is 4.74 Å². The Morgan fingerprint density at radius 1 is 1.08 bits per heavy atom. The summed E-state index contributed by atoms with van der Waals surface area (Å²) >= 11 is 0. The highest BCUT2D eigenvalue weighted by Crippen LogP contribution is 2.29. The lowest BCUT2D eigenvalue weighted by Crippen LogP contribution is -1.96. The molecule has 1 heterocycles. The number of hydrogen-bond acceptors (Lipinski definition) is 4. The first-order valence-electron chi connectivity index (χ1n) is 8.10. The molecule has 2 aromatic carbocycles. The van der Waals surface area contributed by atoms with Crippen molar-refractivity contribution in [2.24, 2.45) is 0 Å². The molecule has 0 saturated heterocycles. The van der Waals surface area contributed by atoms with Crippen molar-refractivity contribution in [1.82, 2.24) is 10.1 Å². The zero-order valence-electron chi connectivity index (χ0n) is 13.6. The Bertz CT molecular complexity index is 834. The number of benzene rings is 2. The van der Waals surface area contributed by atoms with Crippen molar-refractivity contribution in [2.45, 2.75) is 19.8 Å². The van der Waals surface area contributed by atoms with Gasteiger partial charge in [-0.15, -0.1) is 0 Å². The summed E-state index contributed by atoms with van der Waals surface area (Å²) in [6.07, 6.45) is 2.02. The van der Waals surface area contributed by atoms with E-state index in [0.29, 0.717) is 5.82 Å². The minimum atomic E-state index is -0.551. The van der Waals surface area contributed by atoms with E-state index in [1.807, 2.05) is 31.2 Å². The molecule has 0 atom stereocenters. The van der Waals surface area contributed by atoms with Gasteiger partial charge in [-0.2, -0.15) is 0 Å². The lowest BCUT2D eigenvalue weighted by atomic mass is 9.97. The van der Waals surface area contributed by atoms with E-state index in [9.17, 15) is 4.79 Å². The van der Waals surface area contributed by atoms with E-state index in [1.54, 1.807) is 0 Å². The van der Waals surface area contributed by atoms with Crippen LogP contribution in [-0.4, -0.2) is 23.4 Å². The van der Waals surface area contributed by atoms with E-state index in [0.717, 1.165) is 42.7 Å². The Morgan fingerprint density at radius 2 is 1.83 bits per heavy atom. The van der Waals surface area contributed by atoms with E-state index in [1.165, 1.54) is 5.56 Å². The highest BCUT2D eigenvalue weighted by Gasteiger charge is 2.11. The Morgan fingerprint density at radius 3 is 2.50 bits per heavy atom. The van der Waals surface area contributed by atoms with Crippen molar-refractivity contribution >= 4 is 0 Å². The van der Waals surface area contributed by atoms with Crippen LogP contribution in [0.4, 0.5) is 0 Å². The van der Waals surface area contributed by atoms with Gasteiger partial charge in [0.1, 0.15) is 0 Å². The summed E-state index contributed by atoms with van der Waals surface area (Å²) < 4.78 is 9.99. The van der Waals surface area contributed by atoms with Gasteiger partial charge in [0.2, 0.25) is 0 Å². The van der Waals surface area contributed by atoms with Gasteiger partial charge in [0.15, 0.2) is 5.82 Å². The number of hydrogen-bond donors (Lipinski definition) is 1. The van der Waals surface area contributed by atoms with Crippen molar-refractivity contribution in [3.63, 3.8) is 0 Å². The van der Waals surface area contributed by atoms with Crippen LogP contribution in [0.15, 0.2) is 57.8 Å². The minimum absolute atomic E-state index is 0.441. The quantitative estimate of drug-likeness (QED) is 0.673. The summed E-state index contributed by atoms with van der Waals surface area (Å²) in [7, 11) is 0. The summed E-state index contributed by atoms with van der Waals surface area (Å²) in [6.45, 7) is 3.56. The molecule has 0 amide bonds. The Balaban J connectivity index is 1.81. The highest BCUT2D eigenvalue weighted by molar-refractivity contribution is 5.80. The molecule has 1 N–H and O–H groups in total. The van der Waals surface area contributed by atoms with Gasteiger partial charge >= 0.3 is 5.76 Å². The summed E-state index contributed by atoms with van der Waals surface area (Å²) in [5, 5.41) is 3.79. The smallest absolute Gasteiger partial charge is 0.382 e. The first-order valence-corrected chi connectivity index (χ1v) is 8.10. The number of ether oxygens (including phenoxy) is 1. The standard InChI is InChI=1S/C19H20N2O3/c1-2-23-13-5-6-14-9-11-15(12-10-14)16-7-3-4-8-17(16)18-20-19(22)24-21-18/h3-4,7-12H,2,5-6,13H2,1H3,(H,20,21,22). The number of nitrogens with zero attached hydrogens (tertiary/aromatic N) is 1. The van der Waals surface area contributed by atoms with E-state index >= 15 is 0 Å². The topological polar surface area (TPSA) is 68.1 Å². The van der Waals surface area contributed by atoms with Crippen molar-refractivity contribution < 1.29 is 9.26 Å². The Labute approximate surface area is 140 Å². The van der Waals surface area contributed by atoms with Gasteiger partial charge in [0.05, 0.1) is 0 Å². The molecule has 0 aliphatic carbocycles. The minimum Gasteiger partial charge on any atom is -0.382 e. The lowest BCUT2D eigenvalue weighted by molar-refractivity contribution is 0.145. The highest BCUT2D eigenvalue weighted by atomic mass is 16.5.